The molecule has 0 aromatic carbocycles. The quantitative estimate of drug-likeness (QED) is 0.293. The summed E-state index contributed by atoms with van der Waals surface area (Å²) in [5, 5.41) is 9.33. The van der Waals surface area contributed by atoms with Gasteiger partial charge < -0.3 is 9.99 Å². The molecule has 0 fully saturated rings. The third kappa shape index (κ3) is 8.73. The first-order valence-corrected chi connectivity index (χ1v) is 10.1. The molecule has 0 heterocycles. The fourth-order valence-corrected chi connectivity index (χ4v) is 2.41. The molecule has 0 saturated heterocycles. The van der Waals surface area contributed by atoms with E-state index in [2.05, 4.69) is 0 Å². The summed E-state index contributed by atoms with van der Waals surface area (Å²) in [6.07, 6.45) is -1.40. The second kappa shape index (κ2) is 8.49. The maximum Gasteiger partial charge on any atom is 0.383 e. The topological polar surface area (TPSA) is 91.3 Å². The van der Waals surface area contributed by atoms with E-state index >= 15 is 0 Å². The van der Waals surface area contributed by atoms with Crippen LogP contribution in [0.2, 0.25) is 10.1 Å². The van der Waals surface area contributed by atoms with Gasteiger partial charge in [0.05, 0.1) is 0 Å². The Balaban J connectivity index is 4.91. The van der Waals surface area contributed by atoms with Gasteiger partial charge in [-0.1, -0.05) is 41.5 Å². The molecule has 0 saturated carbocycles. The highest BCUT2D eigenvalue weighted by molar-refractivity contribution is 6.31. The molecule has 0 aliphatic rings. The first-order chi connectivity index (χ1) is 10.2. The fraction of sp³-hybridized carbons (Fsp3) is 0.857. The Labute approximate surface area is 142 Å². The Morgan fingerprint density at radius 2 is 1.35 bits per heavy atom. The highest BCUT2D eigenvalue weighted by atomic mass is 28.2. The van der Waals surface area contributed by atoms with E-state index in [9.17, 15) is 14.7 Å². The van der Waals surface area contributed by atoms with Gasteiger partial charge in [0.2, 0.25) is 25.3 Å². The predicted molar refractivity (Wildman–Crippen MR) is 91.0 cm³/mol. The van der Waals surface area contributed by atoms with Crippen LogP contribution in [0.3, 0.4) is 0 Å². The van der Waals surface area contributed by atoms with E-state index in [1.165, 1.54) is 13.8 Å². The van der Waals surface area contributed by atoms with Crippen molar-refractivity contribution in [1.82, 2.24) is 0 Å². The first kappa shape index (κ1) is 22.4. The van der Waals surface area contributed by atoms with Crippen molar-refractivity contribution in [3.8, 4) is 0 Å². The predicted octanol–water partition coefficient (Wildman–Crippen LogP) is 0.722. The van der Waals surface area contributed by atoms with Gasteiger partial charge in [0, 0.05) is 0 Å². The number of ketones is 1. The largest absolute Gasteiger partial charge is 0.385 e. The number of carbonyl (C=O) groups is 2. The molecule has 0 aromatic rings. The van der Waals surface area contributed by atoms with Crippen LogP contribution in [0.25, 0.3) is 0 Å². The SMILES string of the molecule is CC(O)C(=O)C(C)(OO[SiH2]C(C)(C)C)C(=O)OO[SiH2]C(C)(C)C. The molecule has 0 rings (SSSR count). The lowest BCUT2D eigenvalue weighted by atomic mass is 9.98. The van der Waals surface area contributed by atoms with Crippen molar-refractivity contribution in [2.75, 3.05) is 0 Å². The highest BCUT2D eigenvalue weighted by Crippen LogP contribution is 2.24. The van der Waals surface area contributed by atoms with Crippen LogP contribution in [0.1, 0.15) is 55.4 Å². The zero-order valence-electron chi connectivity index (χ0n) is 15.4. The molecule has 0 bridgehead atoms. The second-order valence-electron chi connectivity index (χ2n) is 8.17. The molecular weight excluding hydrogens is 336 g/mol. The molecule has 136 valence electrons. The third-order valence-corrected chi connectivity index (χ3v) is 4.79. The summed E-state index contributed by atoms with van der Waals surface area (Å²) in [6.45, 7) is 14.2. The Kier molecular flexibility index (Phi) is 8.28. The Bertz CT molecular complexity index is 412. The summed E-state index contributed by atoms with van der Waals surface area (Å²) < 4.78 is 10.2. The van der Waals surface area contributed by atoms with E-state index in [0.717, 1.165) is 0 Å². The van der Waals surface area contributed by atoms with Crippen LogP contribution in [0.15, 0.2) is 0 Å². The molecule has 7 nitrogen and oxygen atoms in total. The number of Topliss-reactive ketones (excluding diaryl/α,β-unsaturated/α-hetero) is 1. The molecule has 0 aromatic heterocycles. The summed E-state index contributed by atoms with van der Waals surface area (Å²) in [5.41, 5.74) is -2.06. The van der Waals surface area contributed by atoms with E-state index in [1.54, 1.807) is 0 Å². The first-order valence-electron chi connectivity index (χ1n) is 7.56. The zero-order chi connectivity index (χ0) is 18.5. The molecule has 0 spiro atoms. The van der Waals surface area contributed by atoms with Crippen molar-refractivity contribution < 1.29 is 33.6 Å². The van der Waals surface area contributed by atoms with Gasteiger partial charge in [-0.05, 0) is 23.9 Å². The zero-order valence-corrected chi connectivity index (χ0v) is 18.2. The summed E-state index contributed by atoms with van der Waals surface area (Å²) in [5.74, 6) is -1.87. The molecule has 9 heteroatoms. The summed E-state index contributed by atoms with van der Waals surface area (Å²) in [4.78, 5) is 34.2. The van der Waals surface area contributed by atoms with Gasteiger partial charge >= 0.3 is 5.97 Å². The average Bonchev–Trinajstić information content (AvgIpc) is 2.34. The van der Waals surface area contributed by atoms with Crippen molar-refractivity contribution in [2.24, 2.45) is 0 Å². The van der Waals surface area contributed by atoms with Crippen molar-refractivity contribution >= 4 is 31.3 Å². The smallest absolute Gasteiger partial charge is 0.383 e. The average molecular weight is 367 g/mol. The standard InChI is InChI=1S/C14H30O7Si2/c1-9(15)10(16)14(8,19-21-23-13(5,6)7)11(17)18-20-22-12(2,3)4/h9,15H,22-23H2,1-8H3. The summed E-state index contributed by atoms with van der Waals surface area (Å²) in [6, 6.07) is 0. The summed E-state index contributed by atoms with van der Waals surface area (Å²) in [7, 11) is -2.30. The third-order valence-electron chi connectivity index (χ3n) is 2.58. The molecule has 23 heavy (non-hydrogen) atoms. The monoisotopic (exact) mass is 366 g/mol. The van der Waals surface area contributed by atoms with Crippen LogP contribution in [0, 0.1) is 0 Å². The van der Waals surface area contributed by atoms with E-state index in [-0.39, 0.29) is 10.1 Å². The number of aliphatic hydroxyl groups is 1. The Hall–Kier alpha value is -0.586. The van der Waals surface area contributed by atoms with Gasteiger partial charge in [0.1, 0.15) is 6.10 Å². The van der Waals surface area contributed by atoms with Crippen molar-refractivity contribution in [3.05, 3.63) is 0 Å². The second-order valence-corrected chi connectivity index (χ2v) is 13.5. The van der Waals surface area contributed by atoms with E-state index < -0.39 is 43.0 Å². The normalized spacial score (nSPS) is 17.6. The lowest BCUT2D eigenvalue weighted by Gasteiger charge is -2.27. The minimum Gasteiger partial charge on any atom is -0.385 e. The number of rotatable bonds is 8. The molecule has 0 amide bonds. The molecule has 2 atom stereocenters. The highest BCUT2D eigenvalue weighted by Gasteiger charge is 2.48. The van der Waals surface area contributed by atoms with Gasteiger partial charge in [-0.15, -0.1) is 0 Å². The minimum atomic E-state index is -2.06. The van der Waals surface area contributed by atoms with Gasteiger partial charge in [0.15, 0.2) is 0 Å². The maximum absolute atomic E-state index is 12.2. The molecule has 0 aliphatic heterocycles. The van der Waals surface area contributed by atoms with E-state index in [4.69, 9.17) is 18.9 Å². The van der Waals surface area contributed by atoms with Gasteiger partial charge in [-0.25, -0.2) is 14.3 Å². The van der Waals surface area contributed by atoms with Gasteiger partial charge in [-0.3, -0.25) is 9.37 Å². The summed E-state index contributed by atoms with van der Waals surface area (Å²) >= 11 is 0. The minimum absolute atomic E-state index is 0.0819. The Morgan fingerprint density at radius 3 is 1.74 bits per heavy atom. The van der Waals surface area contributed by atoms with E-state index in [0.29, 0.717) is 0 Å². The van der Waals surface area contributed by atoms with Crippen molar-refractivity contribution in [1.29, 1.82) is 0 Å². The number of hydrogen-bond acceptors (Lipinski definition) is 7. The molecule has 2 unspecified atom stereocenters. The maximum atomic E-state index is 12.2. The van der Waals surface area contributed by atoms with Crippen LogP contribution in [0.5, 0.6) is 0 Å². The molecule has 1 N–H and O–H groups in total. The van der Waals surface area contributed by atoms with Crippen LogP contribution in [-0.2, 0) is 28.5 Å². The molecule has 0 radical (unpaired) electrons. The van der Waals surface area contributed by atoms with Crippen LogP contribution in [-0.4, -0.2) is 48.1 Å². The van der Waals surface area contributed by atoms with Crippen molar-refractivity contribution in [2.45, 2.75) is 77.2 Å². The number of carbonyl (C=O) groups excluding carboxylic acids is 2. The van der Waals surface area contributed by atoms with E-state index in [1.807, 2.05) is 41.5 Å². The fourth-order valence-electron chi connectivity index (χ4n) is 1.24. The molecular formula is C14H30O7Si2. The van der Waals surface area contributed by atoms with Crippen LogP contribution >= 0.6 is 0 Å². The number of aliphatic hydroxyl groups excluding tert-OH is 1. The van der Waals surface area contributed by atoms with Crippen LogP contribution in [0.4, 0.5) is 0 Å². The number of hydrogen-bond donors (Lipinski definition) is 1. The Morgan fingerprint density at radius 1 is 0.913 bits per heavy atom. The van der Waals surface area contributed by atoms with Gasteiger partial charge in [0.25, 0.3) is 5.60 Å². The molecule has 0 aliphatic carbocycles. The lowest BCUT2D eigenvalue weighted by molar-refractivity contribution is -0.299. The van der Waals surface area contributed by atoms with Crippen molar-refractivity contribution in [3.63, 3.8) is 0 Å². The van der Waals surface area contributed by atoms with Crippen LogP contribution < -0.4 is 0 Å². The lowest BCUT2D eigenvalue weighted by Crippen LogP contribution is -2.52. The van der Waals surface area contributed by atoms with Gasteiger partial charge in [-0.2, -0.15) is 0 Å².